The number of aliphatic hydroxyl groups excluding tert-OH is 1. The van der Waals surface area contributed by atoms with Crippen molar-refractivity contribution in [1.29, 1.82) is 0 Å². The number of aliphatic hydroxyl groups is 1. The SMILES string of the molecule is O=CC1=CNC2(c3nc(=O)n(C4CCCO4)cc3CO)CC1C(C=O)=CO2. The van der Waals surface area contributed by atoms with Crippen LogP contribution >= 0.6 is 0 Å². The zero-order chi connectivity index (χ0) is 19.0. The van der Waals surface area contributed by atoms with E-state index < -0.39 is 23.6 Å². The Hall–Kier alpha value is -2.78. The minimum absolute atomic E-state index is 0.200. The molecule has 0 aromatic carbocycles. The lowest BCUT2D eigenvalue weighted by atomic mass is 9.79. The van der Waals surface area contributed by atoms with Crippen molar-refractivity contribution in [3.8, 4) is 0 Å². The van der Waals surface area contributed by atoms with Crippen LogP contribution < -0.4 is 11.0 Å². The normalized spacial score (nSPS) is 29.2. The molecule has 1 aromatic heterocycles. The first-order valence-corrected chi connectivity index (χ1v) is 8.73. The number of nitrogens with one attached hydrogen (secondary N) is 1. The molecule has 1 fully saturated rings. The van der Waals surface area contributed by atoms with Gasteiger partial charge in [0.15, 0.2) is 0 Å². The van der Waals surface area contributed by atoms with Crippen LogP contribution in [0.2, 0.25) is 0 Å². The van der Waals surface area contributed by atoms with Crippen molar-refractivity contribution < 1.29 is 24.2 Å². The molecule has 2 bridgehead atoms. The van der Waals surface area contributed by atoms with Crippen LogP contribution in [0.5, 0.6) is 0 Å². The van der Waals surface area contributed by atoms with E-state index in [1.165, 1.54) is 23.2 Å². The van der Waals surface area contributed by atoms with E-state index in [0.29, 0.717) is 42.3 Å². The second-order valence-electron chi connectivity index (χ2n) is 6.77. The van der Waals surface area contributed by atoms with E-state index in [9.17, 15) is 19.5 Å². The summed E-state index contributed by atoms with van der Waals surface area (Å²) in [5, 5.41) is 12.9. The third-order valence-corrected chi connectivity index (χ3v) is 5.23. The number of hydrogen-bond acceptors (Lipinski definition) is 8. The summed E-state index contributed by atoms with van der Waals surface area (Å²) in [6, 6.07) is 0. The molecule has 3 aliphatic heterocycles. The lowest BCUT2D eigenvalue weighted by Gasteiger charge is -2.43. The second kappa shape index (κ2) is 6.75. The molecule has 9 nitrogen and oxygen atoms in total. The molecule has 0 spiro atoms. The van der Waals surface area contributed by atoms with Crippen molar-refractivity contribution in [1.82, 2.24) is 14.9 Å². The molecule has 1 saturated heterocycles. The molecule has 0 radical (unpaired) electrons. The van der Waals surface area contributed by atoms with Crippen molar-refractivity contribution in [3.05, 3.63) is 51.5 Å². The number of fused-ring (bicyclic) bond motifs is 2. The molecule has 0 saturated carbocycles. The molecule has 3 unspecified atom stereocenters. The van der Waals surface area contributed by atoms with Crippen molar-refractivity contribution in [2.75, 3.05) is 6.61 Å². The summed E-state index contributed by atoms with van der Waals surface area (Å²) >= 11 is 0. The quantitative estimate of drug-likeness (QED) is 0.693. The Morgan fingerprint density at radius 3 is 2.85 bits per heavy atom. The average Bonchev–Trinajstić information content (AvgIpc) is 3.23. The standard InChI is InChI=1S/C18H19N3O6/c22-7-11-5-19-18(4-14(11)13(9-24)10-27-18)16-12(8-23)6-21(17(25)20-16)15-2-1-3-26-15/h5-7,9-10,14-15,19,23H,1-4,8H2. The van der Waals surface area contributed by atoms with Crippen LogP contribution in [0.25, 0.3) is 0 Å². The van der Waals surface area contributed by atoms with Gasteiger partial charge in [-0.2, -0.15) is 4.98 Å². The molecular weight excluding hydrogens is 354 g/mol. The van der Waals surface area contributed by atoms with Crippen LogP contribution in [0, 0.1) is 5.92 Å². The maximum Gasteiger partial charge on any atom is 0.350 e. The van der Waals surface area contributed by atoms with E-state index >= 15 is 0 Å². The van der Waals surface area contributed by atoms with E-state index in [4.69, 9.17) is 9.47 Å². The van der Waals surface area contributed by atoms with Crippen LogP contribution in [0.15, 0.2) is 34.6 Å². The van der Waals surface area contributed by atoms with Gasteiger partial charge in [0.1, 0.15) is 24.5 Å². The Labute approximate surface area is 154 Å². The van der Waals surface area contributed by atoms with Gasteiger partial charge >= 0.3 is 5.69 Å². The van der Waals surface area contributed by atoms with Crippen LogP contribution in [-0.4, -0.2) is 33.8 Å². The monoisotopic (exact) mass is 373 g/mol. The summed E-state index contributed by atoms with van der Waals surface area (Å²) in [4.78, 5) is 39.4. The van der Waals surface area contributed by atoms with Gasteiger partial charge in [-0.05, 0) is 12.8 Å². The minimum Gasteiger partial charge on any atom is -0.469 e. The van der Waals surface area contributed by atoms with Crippen LogP contribution in [0.3, 0.4) is 0 Å². The summed E-state index contributed by atoms with van der Waals surface area (Å²) in [7, 11) is 0. The Morgan fingerprint density at radius 1 is 1.37 bits per heavy atom. The highest BCUT2D eigenvalue weighted by Crippen LogP contribution is 2.42. The molecule has 3 aliphatic rings. The summed E-state index contributed by atoms with van der Waals surface area (Å²) in [6.45, 7) is 0.212. The van der Waals surface area contributed by atoms with E-state index in [2.05, 4.69) is 10.3 Å². The van der Waals surface area contributed by atoms with Gasteiger partial charge in [0.05, 0.1) is 12.9 Å². The van der Waals surface area contributed by atoms with Gasteiger partial charge in [-0.25, -0.2) is 4.79 Å². The largest absolute Gasteiger partial charge is 0.469 e. The summed E-state index contributed by atoms with van der Waals surface area (Å²) in [6.07, 6.45) is 6.95. The van der Waals surface area contributed by atoms with Gasteiger partial charge in [0.2, 0.25) is 5.72 Å². The molecule has 0 amide bonds. The Balaban J connectivity index is 1.81. The fourth-order valence-electron chi connectivity index (χ4n) is 3.82. The van der Waals surface area contributed by atoms with Gasteiger partial charge in [-0.1, -0.05) is 0 Å². The summed E-state index contributed by atoms with van der Waals surface area (Å²) < 4.78 is 12.7. The van der Waals surface area contributed by atoms with E-state index in [-0.39, 0.29) is 18.7 Å². The lowest BCUT2D eigenvalue weighted by Crippen LogP contribution is -2.51. The molecule has 3 atom stereocenters. The molecule has 0 aliphatic carbocycles. The highest BCUT2D eigenvalue weighted by Gasteiger charge is 2.47. The lowest BCUT2D eigenvalue weighted by molar-refractivity contribution is -0.108. The van der Waals surface area contributed by atoms with Crippen molar-refractivity contribution >= 4 is 12.6 Å². The first kappa shape index (κ1) is 17.6. The number of ether oxygens (including phenoxy) is 2. The number of allylic oxidation sites excluding steroid dienone is 2. The van der Waals surface area contributed by atoms with Crippen molar-refractivity contribution in [2.45, 2.75) is 37.8 Å². The number of carbonyl (C=O) groups excluding carboxylic acids is 2. The molecule has 27 heavy (non-hydrogen) atoms. The molecule has 142 valence electrons. The maximum absolute atomic E-state index is 12.6. The molecule has 4 heterocycles. The van der Waals surface area contributed by atoms with Gasteiger partial charge in [-0.15, -0.1) is 0 Å². The van der Waals surface area contributed by atoms with Crippen molar-refractivity contribution in [2.24, 2.45) is 5.92 Å². The van der Waals surface area contributed by atoms with E-state index in [1.54, 1.807) is 0 Å². The third kappa shape index (κ3) is 2.79. The number of carbonyl (C=O) groups is 2. The number of aromatic nitrogens is 2. The predicted octanol–water partition coefficient (Wildman–Crippen LogP) is 0.00270. The Bertz CT molecular complexity index is 869. The topological polar surface area (TPSA) is 120 Å². The Kier molecular flexibility index (Phi) is 4.40. The molecule has 2 N–H and O–H groups in total. The number of rotatable bonds is 5. The van der Waals surface area contributed by atoms with E-state index in [1.807, 2.05) is 0 Å². The first-order chi connectivity index (χ1) is 13.1. The van der Waals surface area contributed by atoms with Gasteiger partial charge < -0.3 is 19.9 Å². The minimum atomic E-state index is -1.24. The number of hydrogen-bond donors (Lipinski definition) is 2. The Morgan fingerprint density at radius 2 is 2.19 bits per heavy atom. The zero-order valence-electron chi connectivity index (χ0n) is 14.5. The smallest absolute Gasteiger partial charge is 0.350 e. The van der Waals surface area contributed by atoms with Crippen LogP contribution in [0.1, 0.15) is 36.7 Å². The maximum atomic E-state index is 12.6. The van der Waals surface area contributed by atoms with Crippen LogP contribution in [-0.2, 0) is 31.4 Å². The fraction of sp³-hybridized carbons (Fsp3) is 0.444. The second-order valence-corrected chi connectivity index (χ2v) is 6.77. The van der Waals surface area contributed by atoms with Crippen LogP contribution in [0.4, 0.5) is 0 Å². The highest BCUT2D eigenvalue weighted by molar-refractivity contribution is 5.82. The predicted molar refractivity (Wildman–Crippen MR) is 90.9 cm³/mol. The van der Waals surface area contributed by atoms with Gasteiger partial charge in [0.25, 0.3) is 0 Å². The molecule has 9 heteroatoms. The summed E-state index contributed by atoms with van der Waals surface area (Å²) in [5.74, 6) is -0.469. The number of aldehydes is 2. The van der Waals surface area contributed by atoms with E-state index in [0.717, 1.165) is 6.42 Å². The van der Waals surface area contributed by atoms with Crippen molar-refractivity contribution in [3.63, 3.8) is 0 Å². The third-order valence-electron chi connectivity index (χ3n) is 5.23. The molecular formula is C18H19N3O6. The molecule has 1 aromatic rings. The average molecular weight is 373 g/mol. The molecule has 4 rings (SSSR count). The number of nitrogens with zero attached hydrogens (tertiary/aromatic N) is 2. The summed E-state index contributed by atoms with van der Waals surface area (Å²) in [5.41, 5.74) is -0.370. The zero-order valence-corrected chi connectivity index (χ0v) is 14.5. The van der Waals surface area contributed by atoms with Gasteiger partial charge in [-0.3, -0.25) is 14.2 Å². The fourth-order valence-corrected chi connectivity index (χ4v) is 3.82. The van der Waals surface area contributed by atoms with Gasteiger partial charge in [0, 0.05) is 48.1 Å². The first-order valence-electron chi connectivity index (χ1n) is 8.73. The highest BCUT2D eigenvalue weighted by atomic mass is 16.5.